The van der Waals surface area contributed by atoms with E-state index in [-0.39, 0.29) is 19.0 Å². The Balaban J connectivity index is 2.31. The Kier molecular flexibility index (Phi) is 4.06. The number of carbonyl (C=O) groups excluding carboxylic acids is 1. The van der Waals surface area contributed by atoms with Crippen LogP contribution in [-0.2, 0) is 4.79 Å². The lowest BCUT2D eigenvalue weighted by Gasteiger charge is -2.22. The molecule has 0 aromatic heterocycles. The van der Waals surface area contributed by atoms with Crippen molar-refractivity contribution in [1.82, 2.24) is 4.90 Å². The third kappa shape index (κ3) is 3.09. The second kappa shape index (κ2) is 5.63. The van der Waals surface area contributed by atoms with Gasteiger partial charge in [0, 0.05) is 12.6 Å². The van der Waals surface area contributed by atoms with Crippen LogP contribution in [0.1, 0.15) is 29.6 Å². The molecule has 5 nitrogen and oxygen atoms in total. The second-order valence-corrected chi connectivity index (χ2v) is 4.76. The largest absolute Gasteiger partial charge is 0.503 e. The smallest absolute Gasteiger partial charge is 0.305 e. The molecule has 0 aliphatic heterocycles. The fourth-order valence-electron chi connectivity index (χ4n) is 1.95. The van der Waals surface area contributed by atoms with Gasteiger partial charge < -0.3 is 15.1 Å². The number of carbonyl (C=O) groups is 2. The number of carboxylic acid groups (broad SMARTS) is 1. The minimum atomic E-state index is -1.77. The molecule has 0 heterocycles. The van der Waals surface area contributed by atoms with E-state index in [0.717, 1.165) is 4.90 Å². The lowest BCUT2D eigenvalue weighted by molar-refractivity contribution is -0.137. The van der Waals surface area contributed by atoms with Crippen LogP contribution in [0.2, 0.25) is 0 Å². The lowest BCUT2D eigenvalue weighted by Crippen LogP contribution is -2.35. The molecule has 0 bridgehead atoms. The Morgan fingerprint density at radius 1 is 1.24 bits per heavy atom. The normalized spacial score (nSPS) is 14.0. The molecule has 0 saturated heterocycles. The SMILES string of the molecule is O=C(O)CCN(C(=O)c1cc(F)c(F)c(O)c1F)C1CC1. The van der Waals surface area contributed by atoms with Crippen LogP contribution in [0, 0.1) is 17.5 Å². The summed E-state index contributed by atoms with van der Waals surface area (Å²) in [6, 6.07) is 0.120. The molecular formula is C13H12F3NO4. The molecule has 1 fully saturated rings. The molecule has 1 saturated carbocycles. The minimum Gasteiger partial charge on any atom is -0.503 e. The fraction of sp³-hybridized carbons (Fsp3) is 0.385. The van der Waals surface area contributed by atoms with Gasteiger partial charge in [-0.15, -0.1) is 0 Å². The van der Waals surface area contributed by atoms with Crippen molar-refractivity contribution in [1.29, 1.82) is 0 Å². The Bertz CT molecular complexity index is 602. The van der Waals surface area contributed by atoms with E-state index in [1.54, 1.807) is 0 Å². The minimum absolute atomic E-state index is 0.169. The molecule has 0 radical (unpaired) electrons. The molecule has 21 heavy (non-hydrogen) atoms. The van der Waals surface area contributed by atoms with E-state index in [1.807, 2.05) is 0 Å². The third-order valence-electron chi connectivity index (χ3n) is 3.18. The van der Waals surface area contributed by atoms with Gasteiger partial charge in [0.05, 0.1) is 12.0 Å². The van der Waals surface area contributed by atoms with Gasteiger partial charge in [0.25, 0.3) is 5.91 Å². The Morgan fingerprint density at radius 3 is 2.38 bits per heavy atom. The number of halogens is 3. The van der Waals surface area contributed by atoms with E-state index < -0.39 is 40.6 Å². The van der Waals surface area contributed by atoms with Gasteiger partial charge in [0.2, 0.25) is 5.82 Å². The topological polar surface area (TPSA) is 77.8 Å². The highest BCUT2D eigenvalue weighted by Gasteiger charge is 2.35. The van der Waals surface area contributed by atoms with E-state index in [2.05, 4.69) is 0 Å². The average molecular weight is 303 g/mol. The molecule has 1 aromatic rings. The first kappa shape index (κ1) is 15.1. The van der Waals surface area contributed by atoms with Gasteiger partial charge in [0.1, 0.15) is 0 Å². The zero-order valence-electron chi connectivity index (χ0n) is 10.8. The summed E-state index contributed by atoms with van der Waals surface area (Å²) >= 11 is 0. The van der Waals surface area contributed by atoms with Crippen molar-refractivity contribution in [2.24, 2.45) is 0 Å². The van der Waals surface area contributed by atoms with Crippen LogP contribution in [0.3, 0.4) is 0 Å². The number of hydrogen-bond donors (Lipinski definition) is 2. The fourth-order valence-corrected chi connectivity index (χ4v) is 1.95. The van der Waals surface area contributed by atoms with Crippen LogP contribution in [0.4, 0.5) is 13.2 Å². The van der Waals surface area contributed by atoms with Gasteiger partial charge in [0.15, 0.2) is 17.4 Å². The Morgan fingerprint density at radius 2 is 1.86 bits per heavy atom. The van der Waals surface area contributed by atoms with Crippen LogP contribution < -0.4 is 0 Å². The van der Waals surface area contributed by atoms with Crippen molar-refractivity contribution >= 4 is 11.9 Å². The molecule has 0 atom stereocenters. The van der Waals surface area contributed by atoms with Crippen molar-refractivity contribution in [2.75, 3.05) is 6.54 Å². The summed E-state index contributed by atoms with van der Waals surface area (Å²) in [6.45, 7) is -0.169. The van der Waals surface area contributed by atoms with Crippen LogP contribution in [0.15, 0.2) is 6.07 Å². The van der Waals surface area contributed by atoms with Crippen molar-refractivity contribution < 1.29 is 33.0 Å². The van der Waals surface area contributed by atoms with Crippen molar-refractivity contribution in [3.05, 3.63) is 29.1 Å². The van der Waals surface area contributed by atoms with Gasteiger partial charge in [-0.25, -0.2) is 8.78 Å². The van der Waals surface area contributed by atoms with Gasteiger partial charge >= 0.3 is 5.97 Å². The van der Waals surface area contributed by atoms with Gasteiger partial charge in [-0.2, -0.15) is 4.39 Å². The zero-order chi connectivity index (χ0) is 15.7. The number of rotatable bonds is 5. The molecule has 114 valence electrons. The maximum Gasteiger partial charge on any atom is 0.305 e. The van der Waals surface area contributed by atoms with Crippen molar-refractivity contribution in [3.63, 3.8) is 0 Å². The quantitative estimate of drug-likeness (QED) is 0.814. The maximum atomic E-state index is 13.7. The molecule has 8 heteroatoms. The summed E-state index contributed by atoms with van der Waals surface area (Å²) in [5.74, 6) is -8.54. The van der Waals surface area contributed by atoms with Crippen molar-refractivity contribution in [3.8, 4) is 5.75 Å². The molecule has 2 rings (SSSR count). The summed E-state index contributed by atoms with van der Waals surface area (Å²) in [6.07, 6.45) is 0.908. The molecule has 0 spiro atoms. The van der Waals surface area contributed by atoms with E-state index in [9.17, 15) is 22.8 Å². The first-order chi connectivity index (χ1) is 9.82. The number of aromatic hydroxyl groups is 1. The average Bonchev–Trinajstić information content (AvgIpc) is 3.24. The highest BCUT2D eigenvalue weighted by molar-refractivity contribution is 5.95. The molecule has 1 aromatic carbocycles. The molecular weight excluding hydrogens is 291 g/mol. The standard InChI is InChI=1S/C13H12F3NO4/c14-8-5-7(10(15)12(20)11(8)16)13(21)17(6-1-2-6)4-3-9(18)19/h5-6,20H,1-4H2,(H,18,19). The van der Waals surface area contributed by atoms with Crippen molar-refractivity contribution in [2.45, 2.75) is 25.3 Å². The third-order valence-corrected chi connectivity index (χ3v) is 3.18. The number of phenolic OH excluding ortho intramolecular Hbond substituents is 1. The zero-order valence-corrected chi connectivity index (χ0v) is 10.8. The number of nitrogens with zero attached hydrogens (tertiary/aromatic N) is 1. The van der Waals surface area contributed by atoms with E-state index >= 15 is 0 Å². The maximum absolute atomic E-state index is 13.7. The monoisotopic (exact) mass is 303 g/mol. The highest BCUT2D eigenvalue weighted by Crippen LogP contribution is 2.31. The Labute approximate surface area is 117 Å². The number of phenols is 1. The predicted molar refractivity (Wildman–Crippen MR) is 64.3 cm³/mol. The molecule has 1 aliphatic rings. The van der Waals surface area contributed by atoms with E-state index in [1.165, 1.54) is 0 Å². The summed E-state index contributed by atoms with van der Waals surface area (Å²) in [4.78, 5) is 23.8. The summed E-state index contributed by atoms with van der Waals surface area (Å²) < 4.78 is 39.9. The van der Waals surface area contributed by atoms with Crippen LogP contribution in [-0.4, -0.2) is 39.6 Å². The number of hydrogen-bond acceptors (Lipinski definition) is 3. The summed E-state index contributed by atoms with van der Waals surface area (Å²) in [5, 5.41) is 17.8. The highest BCUT2D eigenvalue weighted by atomic mass is 19.2. The summed E-state index contributed by atoms with van der Waals surface area (Å²) in [7, 11) is 0. The van der Waals surface area contributed by atoms with Crippen LogP contribution in [0.25, 0.3) is 0 Å². The number of carboxylic acids is 1. The second-order valence-electron chi connectivity index (χ2n) is 4.76. The predicted octanol–water partition coefficient (Wildman–Crippen LogP) is 1.89. The molecule has 1 aliphatic carbocycles. The van der Waals surface area contributed by atoms with Gasteiger partial charge in [-0.3, -0.25) is 9.59 Å². The molecule has 1 amide bonds. The lowest BCUT2D eigenvalue weighted by atomic mass is 10.1. The Hall–Kier alpha value is -2.25. The van der Waals surface area contributed by atoms with Crippen LogP contribution >= 0.6 is 0 Å². The number of aliphatic carboxylic acids is 1. The first-order valence-corrected chi connectivity index (χ1v) is 6.22. The van der Waals surface area contributed by atoms with E-state index in [4.69, 9.17) is 10.2 Å². The summed E-state index contributed by atoms with van der Waals surface area (Å²) in [5.41, 5.74) is -0.816. The number of benzene rings is 1. The first-order valence-electron chi connectivity index (χ1n) is 6.22. The number of amides is 1. The van der Waals surface area contributed by atoms with Gasteiger partial charge in [-0.05, 0) is 18.9 Å². The molecule has 0 unspecified atom stereocenters. The van der Waals surface area contributed by atoms with E-state index in [0.29, 0.717) is 18.9 Å². The molecule has 2 N–H and O–H groups in total. The van der Waals surface area contributed by atoms with Gasteiger partial charge in [-0.1, -0.05) is 0 Å². The van der Waals surface area contributed by atoms with Crippen LogP contribution in [0.5, 0.6) is 5.75 Å².